The highest BCUT2D eigenvalue weighted by molar-refractivity contribution is 14.0. The predicted molar refractivity (Wildman–Crippen MR) is 120 cm³/mol. The number of para-hydroxylation sites is 1. The molecule has 0 saturated carbocycles. The Bertz CT molecular complexity index is 853. The molecule has 3 rings (SSSR count). The summed E-state index contributed by atoms with van der Waals surface area (Å²) in [7, 11) is 1.72. The lowest BCUT2D eigenvalue weighted by molar-refractivity contribution is -0.384. The van der Waals surface area contributed by atoms with Crippen molar-refractivity contribution in [2.24, 2.45) is 4.99 Å². The van der Waals surface area contributed by atoms with E-state index in [-0.39, 0.29) is 41.3 Å². The van der Waals surface area contributed by atoms with Crippen molar-refractivity contribution in [3.63, 3.8) is 0 Å². The standard InChI is InChI=1S/C20H24N4O3.HI/c1-20(2)12-17(16-6-4-5-7-18(16)27-20)23-19(21-3)22-13-14-8-10-15(11-9-14)24(25)26;/h4-11,17H,12-13H2,1-3H3,(H2,21,22,23);1H. The van der Waals surface area contributed by atoms with Gasteiger partial charge in [0, 0.05) is 37.7 Å². The van der Waals surface area contributed by atoms with Crippen LogP contribution < -0.4 is 15.4 Å². The Kier molecular flexibility index (Phi) is 7.22. The molecule has 1 aliphatic rings. The van der Waals surface area contributed by atoms with Crippen LogP contribution in [0.2, 0.25) is 0 Å². The van der Waals surface area contributed by atoms with Crippen molar-refractivity contribution in [3.8, 4) is 5.75 Å². The van der Waals surface area contributed by atoms with Gasteiger partial charge in [-0.05, 0) is 25.5 Å². The first kappa shape index (κ1) is 21.9. The zero-order chi connectivity index (χ0) is 19.4. The number of non-ortho nitro benzene ring substituents is 1. The smallest absolute Gasteiger partial charge is 0.269 e. The summed E-state index contributed by atoms with van der Waals surface area (Å²) in [5.74, 6) is 1.56. The Morgan fingerprint density at radius 3 is 2.57 bits per heavy atom. The second kappa shape index (κ2) is 9.22. The number of hydrogen-bond acceptors (Lipinski definition) is 4. The molecule has 7 nitrogen and oxygen atoms in total. The third-order valence-corrected chi connectivity index (χ3v) is 4.52. The number of nitro groups is 1. The van der Waals surface area contributed by atoms with Crippen LogP contribution in [0.4, 0.5) is 5.69 Å². The quantitative estimate of drug-likeness (QED) is 0.218. The summed E-state index contributed by atoms with van der Waals surface area (Å²) in [6, 6.07) is 14.6. The highest BCUT2D eigenvalue weighted by atomic mass is 127. The Balaban J connectivity index is 0.00000280. The highest BCUT2D eigenvalue weighted by Gasteiger charge is 2.33. The van der Waals surface area contributed by atoms with E-state index in [1.54, 1.807) is 19.2 Å². The van der Waals surface area contributed by atoms with Crippen molar-refractivity contribution in [1.29, 1.82) is 0 Å². The summed E-state index contributed by atoms with van der Waals surface area (Å²) in [5.41, 5.74) is 1.86. The van der Waals surface area contributed by atoms with Crippen molar-refractivity contribution in [2.75, 3.05) is 7.05 Å². The molecule has 0 fully saturated rings. The predicted octanol–water partition coefficient (Wildman–Crippen LogP) is 4.18. The molecular weight excluding hydrogens is 471 g/mol. The monoisotopic (exact) mass is 496 g/mol. The number of rotatable bonds is 4. The molecule has 2 aromatic rings. The summed E-state index contributed by atoms with van der Waals surface area (Å²) < 4.78 is 6.07. The molecule has 0 saturated heterocycles. The van der Waals surface area contributed by atoms with Crippen LogP contribution in [-0.2, 0) is 6.54 Å². The first-order valence-corrected chi connectivity index (χ1v) is 8.86. The first-order chi connectivity index (χ1) is 12.9. The van der Waals surface area contributed by atoms with Crippen LogP contribution >= 0.6 is 24.0 Å². The second-order valence-electron chi connectivity index (χ2n) is 7.15. The van der Waals surface area contributed by atoms with Gasteiger partial charge in [-0.2, -0.15) is 0 Å². The molecule has 1 unspecified atom stereocenters. The number of ether oxygens (including phenoxy) is 1. The van der Waals surface area contributed by atoms with Gasteiger partial charge in [-0.25, -0.2) is 0 Å². The van der Waals surface area contributed by atoms with Gasteiger partial charge in [-0.15, -0.1) is 24.0 Å². The lowest BCUT2D eigenvalue weighted by Gasteiger charge is -2.38. The van der Waals surface area contributed by atoms with Gasteiger partial charge in [-0.3, -0.25) is 15.1 Å². The maximum atomic E-state index is 10.7. The van der Waals surface area contributed by atoms with Crippen LogP contribution in [-0.4, -0.2) is 23.5 Å². The zero-order valence-corrected chi connectivity index (χ0v) is 18.5. The fourth-order valence-corrected chi connectivity index (χ4v) is 3.21. The summed E-state index contributed by atoms with van der Waals surface area (Å²) in [5, 5.41) is 17.5. The van der Waals surface area contributed by atoms with E-state index in [2.05, 4.69) is 35.5 Å². The maximum Gasteiger partial charge on any atom is 0.269 e. The second-order valence-corrected chi connectivity index (χ2v) is 7.15. The summed E-state index contributed by atoms with van der Waals surface area (Å²) >= 11 is 0. The van der Waals surface area contributed by atoms with Crippen LogP contribution in [0.5, 0.6) is 5.75 Å². The van der Waals surface area contributed by atoms with Crippen LogP contribution in [0.25, 0.3) is 0 Å². The Hall–Kier alpha value is -2.36. The third kappa shape index (κ3) is 5.34. The minimum Gasteiger partial charge on any atom is -0.487 e. The van der Waals surface area contributed by atoms with E-state index in [1.807, 2.05) is 18.2 Å². The molecule has 1 atom stereocenters. The van der Waals surface area contributed by atoms with Gasteiger partial charge >= 0.3 is 0 Å². The normalized spacial score (nSPS) is 17.5. The molecule has 8 heteroatoms. The number of nitrogens with one attached hydrogen (secondary N) is 2. The summed E-state index contributed by atoms with van der Waals surface area (Å²) in [6.45, 7) is 4.67. The van der Waals surface area contributed by atoms with Gasteiger partial charge < -0.3 is 15.4 Å². The number of benzene rings is 2. The van der Waals surface area contributed by atoms with Gasteiger partial charge in [0.1, 0.15) is 11.4 Å². The summed E-state index contributed by atoms with van der Waals surface area (Å²) in [6.07, 6.45) is 0.808. The van der Waals surface area contributed by atoms with Crippen molar-refractivity contribution in [1.82, 2.24) is 10.6 Å². The van der Waals surface area contributed by atoms with Crippen LogP contribution in [0.3, 0.4) is 0 Å². The number of guanidine groups is 1. The lowest BCUT2D eigenvalue weighted by Crippen LogP contribution is -2.45. The van der Waals surface area contributed by atoms with Crippen molar-refractivity contribution < 1.29 is 9.66 Å². The molecule has 0 radical (unpaired) electrons. The maximum absolute atomic E-state index is 10.7. The van der Waals surface area contributed by atoms with E-state index in [0.29, 0.717) is 12.5 Å². The Labute approximate surface area is 181 Å². The van der Waals surface area contributed by atoms with E-state index in [4.69, 9.17) is 4.74 Å². The lowest BCUT2D eigenvalue weighted by atomic mass is 9.90. The number of nitro benzene ring substituents is 1. The molecule has 0 aromatic heterocycles. The molecule has 2 N–H and O–H groups in total. The molecule has 1 heterocycles. The molecule has 150 valence electrons. The minimum atomic E-state index is -0.401. The largest absolute Gasteiger partial charge is 0.487 e. The minimum absolute atomic E-state index is 0. The van der Waals surface area contributed by atoms with Gasteiger partial charge in [0.25, 0.3) is 5.69 Å². The van der Waals surface area contributed by atoms with Crippen molar-refractivity contribution in [3.05, 3.63) is 69.8 Å². The van der Waals surface area contributed by atoms with E-state index in [0.717, 1.165) is 23.3 Å². The van der Waals surface area contributed by atoms with Crippen LogP contribution in [0.1, 0.15) is 37.4 Å². The molecule has 1 aliphatic heterocycles. The number of aliphatic imine (C=N–C) groups is 1. The SMILES string of the molecule is CN=C(NCc1ccc([N+](=O)[O-])cc1)NC1CC(C)(C)Oc2ccccc21.I. The number of fused-ring (bicyclic) bond motifs is 1. The molecular formula is C20H25IN4O3. The summed E-state index contributed by atoms with van der Waals surface area (Å²) in [4.78, 5) is 14.7. The molecule has 2 aromatic carbocycles. The number of nitrogens with zero attached hydrogens (tertiary/aromatic N) is 2. The van der Waals surface area contributed by atoms with Gasteiger partial charge in [0.05, 0.1) is 11.0 Å². The fourth-order valence-electron chi connectivity index (χ4n) is 3.21. The van der Waals surface area contributed by atoms with Crippen LogP contribution in [0.15, 0.2) is 53.5 Å². The first-order valence-electron chi connectivity index (χ1n) is 8.86. The molecule has 28 heavy (non-hydrogen) atoms. The number of hydrogen-bond donors (Lipinski definition) is 2. The average molecular weight is 496 g/mol. The fraction of sp³-hybridized carbons (Fsp3) is 0.350. The van der Waals surface area contributed by atoms with Crippen LogP contribution in [0, 0.1) is 10.1 Å². The molecule has 0 spiro atoms. The third-order valence-electron chi connectivity index (χ3n) is 4.52. The average Bonchev–Trinajstić information content (AvgIpc) is 2.64. The molecule has 0 bridgehead atoms. The number of halogens is 1. The van der Waals surface area contributed by atoms with E-state index in [1.165, 1.54) is 12.1 Å². The Morgan fingerprint density at radius 1 is 1.25 bits per heavy atom. The van der Waals surface area contributed by atoms with Gasteiger partial charge in [0.2, 0.25) is 0 Å². The van der Waals surface area contributed by atoms with E-state index >= 15 is 0 Å². The van der Waals surface area contributed by atoms with Gasteiger partial charge in [0.15, 0.2) is 5.96 Å². The van der Waals surface area contributed by atoms with Crippen molar-refractivity contribution in [2.45, 2.75) is 38.5 Å². The van der Waals surface area contributed by atoms with E-state index < -0.39 is 4.92 Å². The van der Waals surface area contributed by atoms with Crippen molar-refractivity contribution >= 4 is 35.6 Å². The zero-order valence-electron chi connectivity index (χ0n) is 16.1. The van der Waals surface area contributed by atoms with Gasteiger partial charge in [-0.1, -0.05) is 30.3 Å². The molecule has 0 aliphatic carbocycles. The van der Waals surface area contributed by atoms with E-state index in [9.17, 15) is 10.1 Å². The Morgan fingerprint density at radius 2 is 1.93 bits per heavy atom. The topological polar surface area (TPSA) is 88.8 Å². The molecule has 0 amide bonds. The highest BCUT2D eigenvalue weighted by Crippen LogP contribution is 2.39.